The summed E-state index contributed by atoms with van der Waals surface area (Å²) in [5.74, 6) is -0.168. The molecule has 0 radical (unpaired) electrons. The Bertz CT molecular complexity index is 761. The summed E-state index contributed by atoms with van der Waals surface area (Å²) >= 11 is 0. The van der Waals surface area contributed by atoms with E-state index in [2.05, 4.69) is 86.3 Å². The zero-order valence-corrected chi connectivity index (χ0v) is 18.6. The quantitative estimate of drug-likeness (QED) is 0.817. The highest BCUT2D eigenvalue weighted by Gasteiger charge is 2.28. The van der Waals surface area contributed by atoms with E-state index in [1.807, 2.05) is 0 Å². The number of amides is 1. The molecule has 1 saturated heterocycles. The first-order valence-electron chi connectivity index (χ1n) is 10.7. The van der Waals surface area contributed by atoms with Crippen molar-refractivity contribution < 1.29 is 4.79 Å². The van der Waals surface area contributed by atoms with Gasteiger partial charge in [-0.2, -0.15) is 0 Å². The average molecular weight is 394 g/mol. The van der Waals surface area contributed by atoms with Gasteiger partial charge in [0.15, 0.2) is 0 Å². The van der Waals surface area contributed by atoms with Crippen LogP contribution in [0, 0.1) is 27.7 Å². The minimum Gasteiger partial charge on any atom is -0.354 e. The molecule has 0 saturated carbocycles. The molecule has 2 aromatic carbocycles. The molecule has 1 heterocycles. The lowest BCUT2D eigenvalue weighted by atomic mass is 9.81. The van der Waals surface area contributed by atoms with Crippen molar-refractivity contribution >= 4 is 5.91 Å². The Morgan fingerprint density at radius 1 is 0.862 bits per heavy atom. The van der Waals surface area contributed by atoms with Crippen LogP contribution in [0.25, 0.3) is 0 Å². The zero-order chi connectivity index (χ0) is 21.0. The van der Waals surface area contributed by atoms with Crippen molar-refractivity contribution in [3.05, 3.63) is 69.8 Å². The van der Waals surface area contributed by atoms with E-state index < -0.39 is 0 Å². The molecule has 2 aromatic rings. The third-order valence-electron chi connectivity index (χ3n) is 6.25. The van der Waals surface area contributed by atoms with Gasteiger partial charge in [-0.15, -0.1) is 0 Å². The summed E-state index contributed by atoms with van der Waals surface area (Å²) < 4.78 is 0. The summed E-state index contributed by atoms with van der Waals surface area (Å²) in [4.78, 5) is 18.3. The SMILES string of the molecule is Cc1cccc(C)c1C(C(=O)NCCN1CCN(C)CC1)c1c(C)cccc1C. The predicted octanol–water partition coefficient (Wildman–Crippen LogP) is 3.42. The van der Waals surface area contributed by atoms with E-state index in [-0.39, 0.29) is 11.8 Å². The molecule has 4 heteroatoms. The summed E-state index contributed by atoms with van der Waals surface area (Å²) in [6.07, 6.45) is 0. The number of likely N-dealkylation sites (N-methyl/N-ethyl adjacent to an activating group) is 1. The number of carbonyl (C=O) groups is 1. The van der Waals surface area contributed by atoms with Gasteiger partial charge in [-0.3, -0.25) is 9.69 Å². The van der Waals surface area contributed by atoms with Crippen LogP contribution in [0.2, 0.25) is 0 Å². The van der Waals surface area contributed by atoms with E-state index in [4.69, 9.17) is 0 Å². The Morgan fingerprint density at radius 2 is 1.31 bits per heavy atom. The van der Waals surface area contributed by atoms with Crippen molar-refractivity contribution in [1.29, 1.82) is 0 Å². The maximum absolute atomic E-state index is 13.5. The number of nitrogens with one attached hydrogen (secondary N) is 1. The Kier molecular flexibility index (Phi) is 7.09. The Balaban J connectivity index is 1.83. The standard InChI is InChI=1S/C25H35N3O/c1-18-8-6-9-19(2)22(18)24(23-20(3)10-7-11-21(23)4)25(29)26-12-13-28-16-14-27(5)15-17-28/h6-11,24H,12-17H2,1-5H3,(H,26,29). The fraction of sp³-hybridized carbons (Fsp3) is 0.480. The summed E-state index contributed by atoms with van der Waals surface area (Å²) in [6, 6.07) is 12.6. The van der Waals surface area contributed by atoms with Crippen molar-refractivity contribution in [2.24, 2.45) is 0 Å². The molecule has 0 spiro atoms. The Labute approximate surface area is 175 Å². The summed E-state index contributed by atoms with van der Waals surface area (Å²) in [5.41, 5.74) is 6.97. The van der Waals surface area contributed by atoms with Crippen LogP contribution in [-0.4, -0.2) is 62.0 Å². The van der Waals surface area contributed by atoms with E-state index in [1.165, 1.54) is 22.3 Å². The third-order valence-corrected chi connectivity index (χ3v) is 6.25. The number of hydrogen-bond acceptors (Lipinski definition) is 3. The van der Waals surface area contributed by atoms with Crippen LogP contribution < -0.4 is 5.32 Å². The summed E-state index contributed by atoms with van der Waals surface area (Å²) in [6.45, 7) is 14.4. The van der Waals surface area contributed by atoms with Crippen molar-refractivity contribution in [1.82, 2.24) is 15.1 Å². The van der Waals surface area contributed by atoms with Gasteiger partial charge in [-0.25, -0.2) is 0 Å². The van der Waals surface area contributed by atoms with E-state index >= 15 is 0 Å². The molecule has 1 fully saturated rings. The molecule has 0 unspecified atom stereocenters. The second kappa shape index (κ2) is 9.55. The van der Waals surface area contributed by atoms with Gasteiger partial charge in [0.25, 0.3) is 0 Å². The molecule has 0 atom stereocenters. The van der Waals surface area contributed by atoms with Crippen LogP contribution in [0.4, 0.5) is 0 Å². The predicted molar refractivity (Wildman–Crippen MR) is 121 cm³/mol. The van der Waals surface area contributed by atoms with Crippen molar-refractivity contribution in [3.63, 3.8) is 0 Å². The van der Waals surface area contributed by atoms with Gasteiger partial charge >= 0.3 is 0 Å². The van der Waals surface area contributed by atoms with Gasteiger partial charge in [0, 0.05) is 39.3 Å². The first-order valence-corrected chi connectivity index (χ1v) is 10.7. The van der Waals surface area contributed by atoms with Gasteiger partial charge in [-0.05, 0) is 68.1 Å². The maximum atomic E-state index is 13.5. The van der Waals surface area contributed by atoms with Gasteiger partial charge in [0.2, 0.25) is 5.91 Å². The van der Waals surface area contributed by atoms with Crippen LogP contribution in [0.15, 0.2) is 36.4 Å². The highest BCUT2D eigenvalue weighted by molar-refractivity contribution is 5.88. The molecule has 1 amide bonds. The van der Waals surface area contributed by atoms with Crippen molar-refractivity contribution in [2.75, 3.05) is 46.3 Å². The molecule has 3 rings (SSSR count). The highest BCUT2D eigenvalue weighted by Crippen LogP contribution is 2.34. The molecular weight excluding hydrogens is 358 g/mol. The fourth-order valence-electron chi connectivity index (χ4n) is 4.48. The second-order valence-electron chi connectivity index (χ2n) is 8.48. The summed E-state index contributed by atoms with van der Waals surface area (Å²) in [5, 5.41) is 3.25. The van der Waals surface area contributed by atoms with E-state index in [1.54, 1.807) is 0 Å². The molecule has 0 aliphatic carbocycles. The smallest absolute Gasteiger partial charge is 0.232 e. The van der Waals surface area contributed by atoms with Crippen molar-refractivity contribution in [3.8, 4) is 0 Å². The Hall–Kier alpha value is -2.17. The lowest BCUT2D eigenvalue weighted by Gasteiger charge is -2.32. The minimum atomic E-state index is -0.273. The highest BCUT2D eigenvalue weighted by atomic mass is 16.1. The van der Waals surface area contributed by atoms with Gasteiger partial charge in [0.05, 0.1) is 5.92 Å². The average Bonchev–Trinajstić information content (AvgIpc) is 2.67. The van der Waals surface area contributed by atoms with Gasteiger partial charge < -0.3 is 10.2 Å². The van der Waals surface area contributed by atoms with Crippen molar-refractivity contribution in [2.45, 2.75) is 33.6 Å². The number of nitrogens with zero attached hydrogens (tertiary/aromatic N) is 2. The number of carbonyl (C=O) groups excluding carboxylic acids is 1. The molecule has 29 heavy (non-hydrogen) atoms. The molecule has 4 nitrogen and oxygen atoms in total. The lowest BCUT2D eigenvalue weighted by molar-refractivity contribution is -0.121. The number of rotatable bonds is 6. The van der Waals surface area contributed by atoms with Crippen LogP contribution in [0.5, 0.6) is 0 Å². The molecule has 0 aromatic heterocycles. The summed E-state index contributed by atoms with van der Waals surface area (Å²) in [7, 11) is 2.17. The minimum absolute atomic E-state index is 0.105. The molecular formula is C25H35N3O. The molecule has 156 valence electrons. The third kappa shape index (κ3) is 5.06. The topological polar surface area (TPSA) is 35.6 Å². The molecule has 1 N–H and O–H groups in total. The van der Waals surface area contributed by atoms with E-state index in [9.17, 15) is 4.79 Å². The maximum Gasteiger partial charge on any atom is 0.232 e. The normalized spacial score (nSPS) is 15.7. The number of aryl methyl sites for hydroxylation is 4. The van der Waals surface area contributed by atoms with Gasteiger partial charge in [-0.1, -0.05) is 36.4 Å². The van der Waals surface area contributed by atoms with Crippen LogP contribution in [-0.2, 0) is 4.79 Å². The number of hydrogen-bond donors (Lipinski definition) is 1. The number of piperazine rings is 1. The molecule has 1 aliphatic heterocycles. The van der Waals surface area contributed by atoms with Crippen LogP contribution in [0.3, 0.4) is 0 Å². The molecule has 1 aliphatic rings. The van der Waals surface area contributed by atoms with Crippen LogP contribution >= 0.6 is 0 Å². The fourth-order valence-corrected chi connectivity index (χ4v) is 4.48. The van der Waals surface area contributed by atoms with Crippen LogP contribution in [0.1, 0.15) is 39.3 Å². The zero-order valence-electron chi connectivity index (χ0n) is 18.6. The first-order chi connectivity index (χ1) is 13.9. The number of benzene rings is 2. The second-order valence-corrected chi connectivity index (χ2v) is 8.48. The monoisotopic (exact) mass is 393 g/mol. The lowest BCUT2D eigenvalue weighted by Crippen LogP contribution is -2.47. The largest absolute Gasteiger partial charge is 0.354 e. The Morgan fingerprint density at radius 3 is 1.76 bits per heavy atom. The van der Waals surface area contributed by atoms with E-state index in [0.29, 0.717) is 6.54 Å². The van der Waals surface area contributed by atoms with Gasteiger partial charge in [0.1, 0.15) is 0 Å². The molecule has 0 bridgehead atoms. The first kappa shape index (κ1) is 21.5. The van der Waals surface area contributed by atoms with E-state index in [0.717, 1.165) is 43.9 Å².